The SMILES string of the molecule is CCOC(=O)C1=C(C)NC(=S)N[C@@H]1c1ccccc1OCC(=O)NN=Cc1cc(Cl)c(OCc2cccc([N+](=O)[O-])c2)c(OC)c1. The lowest BCUT2D eigenvalue weighted by atomic mass is 9.95. The summed E-state index contributed by atoms with van der Waals surface area (Å²) in [7, 11) is 1.43. The summed E-state index contributed by atoms with van der Waals surface area (Å²) in [4.78, 5) is 35.9. The molecule has 15 heteroatoms. The Bertz CT molecular complexity index is 1710. The Kier molecular flexibility index (Phi) is 11.5. The monoisotopic (exact) mass is 667 g/mol. The number of ether oxygens (including phenoxy) is 4. The first kappa shape index (κ1) is 33.7. The second-order valence-corrected chi connectivity index (χ2v) is 10.5. The maximum atomic E-state index is 12.7. The highest BCUT2D eigenvalue weighted by Crippen LogP contribution is 2.37. The van der Waals surface area contributed by atoms with E-state index >= 15 is 0 Å². The molecule has 1 heterocycles. The first-order valence-electron chi connectivity index (χ1n) is 13.8. The average Bonchev–Trinajstić information content (AvgIpc) is 3.03. The number of carbonyl (C=O) groups excluding carboxylic acids is 2. The minimum absolute atomic E-state index is 0.0186. The van der Waals surface area contributed by atoms with Gasteiger partial charge in [-0.1, -0.05) is 41.9 Å². The number of amides is 1. The summed E-state index contributed by atoms with van der Waals surface area (Å²) >= 11 is 11.7. The fourth-order valence-corrected chi connectivity index (χ4v) is 5.03. The number of rotatable bonds is 13. The number of nitrogens with zero attached hydrogens (tertiary/aromatic N) is 2. The fraction of sp³-hybridized carbons (Fsp3) is 0.226. The van der Waals surface area contributed by atoms with Crippen molar-refractivity contribution in [3.05, 3.63) is 104 Å². The molecule has 3 aromatic carbocycles. The summed E-state index contributed by atoms with van der Waals surface area (Å²) in [5.74, 6) is -0.164. The number of para-hydroxylation sites is 1. The van der Waals surface area contributed by atoms with Crippen molar-refractivity contribution in [2.45, 2.75) is 26.5 Å². The first-order chi connectivity index (χ1) is 22.1. The molecule has 4 rings (SSSR count). The number of nitrogens with one attached hydrogen (secondary N) is 3. The van der Waals surface area contributed by atoms with Gasteiger partial charge in [0, 0.05) is 23.4 Å². The highest BCUT2D eigenvalue weighted by atomic mass is 35.5. The van der Waals surface area contributed by atoms with E-state index in [0.29, 0.717) is 44.6 Å². The second-order valence-electron chi connectivity index (χ2n) is 9.66. The topological polar surface area (TPSA) is 163 Å². The van der Waals surface area contributed by atoms with E-state index in [1.54, 1.807) is 62.4 Å². The quantitative estimate of drug-likeness (QED) is 0.0760. The molecule has 0 radical (unpaired) electrons. The zero-order valence-electron chi connectivity index (χ0n) is 25.0. The van der Waals surface area contributed by atoms with Crippen LogP contribution < -0.4 is 30.3 Å². The molecule has 0 unspecified atom stereocenters. The van der Waals surface area contributed by atoms with E-state index in [0.717, 1.165) is 0 Å². The Labute approximate surface area is 274 Å². The van der Waals surface area contributed by atoms with Gasteiger partial charge in [0.2, 0.25) is 0 Å². The summed E-state index contributed by atoms with van der Waals surface area (Å²) < 4.78 is 22.3. The van der Waals surface area contributed by atoms with Gasteiger partial charge in [0.15, 0.2) is 23.2 Å². The largest absolute Gasteiger partial charge is 0.493 e. The van der Waals surface area contributed by atoms with Gasteiger partial charge < -0.3 is 29.6 Å². The molecule has 13 nitrogen and oxygen atoms in total. The van der Waals surface area contributed by atoms with Crippen LogP contribution in [0.15, 0.2) is 77.0 Å². The number of allylic oxidation sites excluding steroid dienone is 1. The van der Waals surface area contributed by atoms with Crippen LogP contribution in [0.25, 0.3) is 0 Å². The van der Waals surface area contributed by atoms with Crippen LogP contribution in [0.1, 0.15) is 36.6 Å². The molecular formula is C31H30ClN5O8S. The van der Waals surface area contributed by atoms with Crippen LogP contribution in [0.3, 0.4) is 0 Å². The number of nitro benzene ring substituents is 1. The molecule has 0 saturated heterocycles. The van der Waals surface area contributed by atoms with Crippen molar-refractivity contribution in [3.8, 4) is 17.2 Å². The maximum absolute atomic E-state index is 12.7. The average molecular weight is 668 g/mol. The van der Waals surface area contributed by atoms with E-state index in [1.165, 1.54) is 25.5 Å². The first-order valence-corrected chi connectivity index (χ1v) is 14.6. The molecule has 0 saturated carbocycles. The Morgan fingerprint density at radius 2 is 1.91 bits per heavy atom. The molecule has 1 aliphatic rings. The van der Waals surface area contributed by atoms with Gasteiger partial charge in [-0.3, -0.25) is 14.9 Å². The van der Waals surface area contributed by atoms with Crippen molar-refractivity contribution in [2.75, 3.05) is 20.3 Å². The predicted octanol–water partition coefficient (Wildman–Crippen LogP) is 4.72. The summed E-state index contributed by atoms with van der Waals surface area (Å²) in [5, 5.41) is 21.6. The number of non-ortho nitro benzene ring substituents is 1. The number of carbonyl (C=O) groups is 2. The summed E-state index contributed by atoms with van der Waals surface area (Å²) in [6.07, 6.45) is 1.36. The van der Waals surface area contributed by atoms with E-state index in [9.17, 15) is 19.7 Å². The summed E-state index contributed by atoms with van der Waals surface area (Å²) in [6.45, 7) is 3.28. The van der Waals surface area contributed by atoms with Crippen LogP contribution in [0.4, 0.5) is 5.69 Å². The van der Waals surface area contributed by atoms with E-state index in [-0.39, 0.29) is 36.3 Å². The van der Waals surface area contributed by atoms with E-state index in [1.807, 2.05) is 0 Å². The van der Waals surface area contributed by atoms with Crippen molar-refractivity contribution in [1.29, 1.82) is 0 Å². The Morgan fingerprint density at radius 1 is 1.13 bits per heavy atom. The number of nitro groups is 1. The minimum Gasteiger partial charge on any atom is -0.493 e. The van der Waals surface area contributed by atoms with Crippen LogP contribution in [0.5, 0.6) is 17.2 Å². The smallest absolute Gasteiger partial charge is 0.338 e. The molecule has 0 spiro atoms. The van der Waals surface area contributed by atoms with Gasteiger partial charge >= 0.3 is 5.97 Å². The number of thiocarbonyl (C=S) groups is 1. The van der Waals surface area contributed by atoms with Crippen LogP contribution in [0.2, 0.25) is 5.02 Å². The van der Waals surface area contributed by atoms with Crippen LogP contribution >= 0.6 is 23.8 Å². The Balaban J connectivity index is 1.39. The lowest BCUT2D eigenvalue weighted by molar-refractivity contribution is -0.384. The third-order valence-corrected chi connectivity index (χ3v) is 7.01. The normalized spacial score (nSPS) is 14.3. The zero-order valence-corrected chi connectivity index (χ0v) is 26.6. The van der Waals surface area contributed by atoms with Gasteiger partial charge in [-0.15, -0.1) is 0 Å². The number of hydrogen-bond donors (Lipinski definition) is 3. The van der Waals surface area contributed by atoms with Crippen LogP contribution in [-0.2, 0) is 20.9 Å². The third kappa shape index (κ3) is 8.49. The standard InChI is InChI=1S/C31H30ClN5O8S/c1-4-43-30(39)27-18(2)34-31(46)35-28(27)22-10-5-6-11-24(22)44-17-26(38)36-33-15-20-13-23(32)29(25(14-20)42-3)45-16-19-8-7-9-21(12-19)37(40)41/h5-15,28H,4,16-17H2,1-3H3,(H,36,38)(H2,34,35,46)/t28-/m1/s1. The number of methoxy groups -OCH3 is 1. The van der Waals surface area contributed by atoms with Crippen molar-refractivity contribution in [1.82, 2.24) is 16.1 Å². The Morgan fingerprint density at radius 3 is 2.65 bits per heavy atom. The fourth-order valence-electron chi connectivity index (χ4n) is 4.48. The lowest BCUT2D eigenvalue weighted by Gasteiger charge is -2.30. The van der Waals surface area contributed by atoms with Crippen molar-refractivity contribution in [3.63, 3.8) is 0 Å². The number of benzene rings is 3. The van der Waals surface area contributed by atoms with Crippen molar-refractivity contribution >= 4 is 52.7 Å². The van der Waals surface area contributed by atoms with Gasteiger partial charge in [0.05, 0.1) is 41.5 Å². The number of esters is 1. The van der Waals surface area contributed by atoms with Gasteiger partial charge in [-0.2, -0.15) is 5.10 Å². The van der Waals surface area contributed by atoms with Gasteiger partial charge in [-0.05, 0) is 55.4 Å². The highest BCUT2D eigenvalue weighted by molar-refractivity contribution is 7.80. The molecule has 0 aromatic heterocycles. The summed E-state index contributed by atoms with van der Waals surface area (Å²) in [5.41, 5.74) is 4.89. The maximum Gasteiger partial charge on any atom is 0.338 e. The van der Waals surface area contributed by atoms with E-state index in [2.05, 4.69) is 21.2 Å². The molecule has 3 aromatic rings. The van der Waals surface area contributed by atoms with E-state index < -0.39 is 22.8 Å². The molecule has 240 valence electrons. The van der Waals surface area contributed by atoms with E-state index in [4.69, 9.17) is 42.8 Å². The zero-order chi connectivity index (χ0) is 33.2. The molecule has 1 amide bonds. The third-order valence-electron chi connectivity index (χ3n) is 6.51. The number of halogens is 1. The van der Waals surface area contributed by atoms with Crippen molar-refractivity contribution in [2.24, 2.45) is 5.10 Å². The molecule has 0 fully saturated rings. The molecular weight excluding hydrogens is 638 g/mol. The molecule has 3 N–H and O–H groups in total. The van der Waals surface area contributed by atoms with Crippen LogP contribution in [0, 0.1) is 10.1 Å². The van der Waals surface area contributed by atoms with Gasteiger partial charge in [0.1, 0.15) is 12.4 Å². The molecule has 0 aliphatic carbocycles. The second kappa shape index (κ2) is 15.7. The molecule has 1 aliphatic heterocycles. The molecule has 0 bridgehead atoms. The van der Waals surface area contributed by atoms with Gasteiger partial charge in [-0.25, -0.2) is 10.2 Å². The highest BCUT2D eigenvalue weighted by Gasteiger charge is 2.32. The number of hydrazone groups is 1. The predicted molar refractivity (Wildman–Crippen MR) is 174 cm³/mol. The molecule has 46 heavy (non-hydrogen) atoms. The van der Waals surface area contributed by atoms with Gasteiger partial charge in [0.25, 0.3) is 11.6 Å². The molecule has 1 atom stereocenters. The van der Waals surface area contributed by atoms with Crippen LogP contribution in [-0.4, -0.2) is 48.5 Å². The number of hydrogen-bond acceptors (Lipinski definition) is 10. The van der Waals surface area contributed by atoms with Crippen molar-refractivity contribution < 1.29 is 33.5 Å². The Hall–Kier alpha value is -5.21. The minimum atomic E-state index is -0.664. The summed E-state index contributed by atoms with van der Waals surface area (Å²) in [6, 6.07) is 15.5. The lowest BCUT2D eigenvalue weighted by Crippen LogP contribution is -2.45.